The smallest absolute Gasteiger partial charge is 0.229 e. The van der Waals surface area contributed by atoms with Crippen LogP contribution in [-0.4, -0.2) is 30.3 Å². The largest absolute Gasteiger partial charge is 0.492 e. The summed E-state index contributed by atoms with van der Waals surface area (Å²) in [5.74, 6) is 0.0370. The fraction of sp³-hybridized carbons (Fsp3) is 0. The summed E-state index contributed by atoms with van der Waals surface area (Å²) in [7, 11) is 0. The van der Waals surface area contributed by atoms with Gasteiger partial charge in [0.15, 0.2) is 0 Å². The summed E-state index contributed by atoms with van der Waals surface area (Å²) in [6.45, 7) is 0. The Bertz CT molecular complexity index is 255. The van der Waals surface area contributed by atoms with Crippen molar-refractivity contribution in [2.45, 2.75) is 0 Å². The number of aromatic nitrogens is 5. The highest BCUT2D eigenvalue weighted by Crippen LogP contribution is 1.94. The van der Waals surface area contributed by atoms with Crippen LogP contribution in [0.3, 0.4) is 0 Å². The number of aromatic amines is 1. The minimum Gasteiger partial charge on any atom is -0.492 e. The molecule has 0 bridgehead atoms. The van der Waals surface area contributed by atoms with Gasteiger partial charge in [0.2, 0.25) is 5.88 Å². The van der Waals surface area contributed by atoms with Gasteiger partial charge in [0.1, 0.15) is 19.0 Å². The highest BCUT2D eigenvalue weighted by molar-refractivity contribution is 5.00. The predicted molar refractivity (Wildman–Crippen MR) is 40.1 cm³/mol. The Morgan fingerprint density at radius 2 is 1.67 bits per heavy atom. The Balaban J connectivity index is 0.000000120. The lowest BCUT2D eigenvalue weighted by molar-refractivity contribution is 0.452. The summed E-state index contributed by atoms with van der Waals surface area (Å²) in [6, 6.07) is 1.47. The second-order valence-corrected chi connectivity index (χ2v) is 1.73. The summed E-state index contributed by atoms with van der Waals surface area (Å²) < 4.78 is 0. The van der Waals surface area contributed by atoms with Crippen molar-refractivity contribution >= 4 is 0 Å². The van der Waals surface area contributed by atoms with Gasteiger partial charge in [0.25, 0.3) is 0 Å². The molecule has 2 heterocycles. The zero-order valence-corrected chi connectivity index (χ0v) is 6.12. The predicted octanol–water partition coefficient (Wildman–Crippen LogP) is -0.0131. The molecule has 0 atom stereocenters. The fourth-order valence-electron chi connectivity index (χ4n) is 0.457. The molecule has 0 saturated heterocycles. The molecule has 2 N–H and O–H groups in total. The number of H-pyrrole nitrogens is 1. The molecular formula is C6H7N5O. The van der Waals surface area contributed by atoms with E-state index >= 15 is 0 Å². The molecular weight excluding hydrogens is 158 g/mol. The van der Waals surface area contributed by atoms with Gasteiger partial charge < -0.3 is 5.11 Å². The number of nitrogens with zero attached hydrogens (tertiary/aromatic N) is 4. The van der Waals surface area contributed by atoms with Crippen LogP contribution in [0.1, 0.15) is 0 Å². The summed E-state index contributed by atoms with van der Waals surface area (Å²) in [6.07, 6.45) is 5.86. The van der Waals surface area contributed by atoms with Gasteiger partial charge in [-0.05, 0) is 0 Å². The lowest BCUT2D eigenvalue weighted by Gasteiger charge is -1.69. The molecule has 0 aliphatic heterocycles. The summed E-state index contributed by atoms with van der Waals surface area (Å²) in [5, 5.41) is 14.1. The van der Waals surface area contributed by atoms with Crippen LogP contribution in [0.4, 0.5) is 0 Å². The van der Waals surface area contributed by atoms with E-state index in [2.05, 4.69) is 25.1 Å². The highest BCUT2D eigenvalue weighted by atomic mass is 16.3. The Morgan fingerprint density at radius 3 is 1.83 bits per heavy atom. The normalized spacial score (nSPS) is 8.33. The first-order valence-corrected chi connectivity index (χ1v) is 3.13. The van der Waals surface area contributed by atoms with Crippen LogP contribution in [0.25, 0.3) is 0 Å². The van der Waals surface area contributed by atoms with Gasteiger partial charge in [-0.1, -0.05) is 0 Å². The molecule has 0 fully saturated rings. The molecule has 2 aromatic rings. The maximum absolute atomic E-state index is 8.33. The van der Waals surface area contributed by atoms with Gasteiger partial charge in [-0.2, -0.15) is 0 Å². The van der Waals surface area contributed by atoms with Crippen LogP contribution >= 0.6 is 0 Å². The second-order valence-electron chi connectivity index (χ2n) is 1.73. The van der Waals surface area contributed by atoms with Crippen molar-refractivity contribution in [2.24, 2.45) is 0 Å². The molecule has 0 aromatic carbocycles. The van der Waals surface area contributed by atoms with Crippen molar-refractivity contribution in [3.05, 3.63) is 31.2 Å². The molecule has 0 amide bonds. The van der Waals surface area contributed by atoms with E-state index in [-0.39, 0.29) is 5.88 Å². The Morgan fingerprint density at radius 1 is 1.08 bits per heavy atom. The maximum atomic E-state index is 8.33. The average molecular weight is 165 g/mol. The molecule has 6 heteroatoms. The monoisotopic (exact) mass is 165 g/mol. The molecule has 6 nitrogen and oxygen atoms in total. The summed E-state index contributed by atoms with van der Waals surface area (Å²) in [4.78, 5) is 10.7. The third-order valence-corrected chi connectivity index (χ3v) is 0.886. The van der Waals surface area contributed by atoms with E-state index in [0.29, 0.717) is 0 Å². The molecule has 0 unspecified atom stereocenters. The molecule has 0 saturated carbocycles. The first kappa shape index (κ1) is 8.12. The molecule has 12 heavy (non-hydrogen) atoms. The third-order valence-electron chi connectivity index (χ3n) is 0.886. The van der Waals surface area contributed by atoms with Crippen molar-refractivity contribution in [3.8, 4) is 5.88 Å². The van der Waals surface area contributed by atoms with Gasteiger partial charge in [-0.3, -0.25) is 5.10 Å². The van der Waals surface area contributed by atoms with Crippen LogP contribution < -0.4 is 0 Å². The van der Waals surface area contributed by atoms with Crippen LogP contribution in [0.5, 0.6) is 5.88 Å². The summed E-state index contributed by atoms with van der Waals surface area (Å²) >= 11 is 0. The number of hydrogen-bond acceptors (Lipinski definition) is 5. The topological polar surface area (TPSA) is 87.6 Å². The molecule has 2 aromatic heterocycles. The van der Waals surface area contributed by atoms with Crippen LogP contribution in [-0.2, 0) is 0 Å². The van der Waals surface area contributed by atoms with E-state index < -0.39 is 0 Å². The quantitative estimate of drug-likeness (QED) is 0.573. The van der Waals surface area contributed by atoms with Crippen molar-refractivity contribution < 1.29 is 5.11 Å². The van der Waals surface area contributed by atoms with E-state index in [0.717, 1.165) is 0 Å². The molecule has 62 valence electrons. The second kappa shape index (κ2) is 4.78. The van der Waals surface area contributed by atoms with E-state index in [9.17, 15) is 0 Å². The molecule has 0 aliphatic carbocycles. The first-order valence-electron chi connectivity index (χ1n) is 3.13. The average Bonchev–Trinajstić information content (AvgIpc) is 2.60. The van der Waals surface area contributed by atoms with Crippen LogP contribution in [0.15, 0.2) is 31.2 Å². The Kier molecular flexibility index (Phi) is 3.23. The highest BCUT2D eigenvalue weighted by Gasteiger charge is 1.78. The third kappa shape index (κ3) is 3.25. The van der Waals surface area contributed by atoms with Gasteiger partial charge in [-0.15, -0.1) is 5.10 Å². The Labute approximate surface area is 68.3 Å². The minimum atomic E-state index is 0.0370. The number of rotatable bonds is 0. The van der Waals surface area contributed by atoms with Gasteiger partial charge in [0, 0.05) is 12.3 Å². The number of nitrogens with one attached hydrogen (secondary N) is 1. The van der Waals surface area contributed by atoms with E-state index in [1.54, 1.807) is 6.20 Å². The van der Waals surface area contributed by atoms with Crippen LogP contribution in [0.2, 0.25) is 0 Å². The number of hydrogen-bond donors (Lipinski definition) is 2. The summed E-state index contributed by atoms with van der Waals surface area (Å²) in [5.41, 5.74) is 0. The maximum Gasteiger partial charge on any atom is 0.229 e. The van der Waals surface area contributed by atoms with Gasteiger partial charge >= 0.3 is 0 Å². The number of aromatic hydroxyl groups is 1. The van der Waals surface area contributed by atoms with Gasteiger partial charge in [0.05, 0.1) is 0 Å². The van der Waals surface area contributed by atoms with Gasteiger partial charge in [-0.25, -0.2) is 15.0 Å². The SMILES string of the molecule is Oc1cc[nH]n1.c1ncncn1. The standard InChI is InChI=1S/C3H3N3.C3H4N2O/c1-4-2-6-3-5-1;6-3-1-2-4-5-3/h1-3H;1-2H,(H2,4,5,6). The van der Waals surface area contributed by atoms with E-state index in [4.69, 9.17) is 5.11 Å². The van der Waals surface area contributed by atoms with E-state index in [1.807, 2.05) is 0 Å². The first-order chi connectivity index (χ1) is 5.89. The van der Waals surface area contributed by atoms with Crippen LogP contribution in [0, 0.1) is 0 Å². The fourth-order valence-corrected chi connectivity index (χ4v) is 0.457. The van der Waals surface area contributed by atoms with Crippen molar-refractivity contribution in [2.75, 3.05) is 0 Å². The van der Waals surface area contributed by atoms with E-state index in [1.165, 1.54) is 25.0 Å². The lowest BCUT2D eigenvalue weighted by Crippen LogP contribution is -1.73. The lowest BCUT2D eigenvalue weighted by atomic mass is 10.7. The molecule has 0 aliphatic rings. The zero-order valence-electron chi connectivity index (χ0n) is 6.12. The molecule has 0 spiro atoms. The van der Waals surface area contributed by atoms with Crippen molar-refractivity contribution in [1.29, 1.82) is 0 Å². The van der Waals surface area contributed by atoms with Crippen molar-refractivity contribution in [1.82, 2.24) is 25.1 Å². The Hall–Kier alpha value is -1.98. The zero-order chi connectivity index (χ0) is 8.65. The minimum absolute atomic E-state index is 0.0370. The van der Waals surface area contributed by atoms with Crippen molar-refractivity contribution in [3.63, 3.8) is 0 Å². The molecule has 0 radical (unpaired) electrons. The molecule has 2 rings (SSSR count).